The van der Waals surface area contributed by atoms with Crippen molar-refractivity contribution in [1.82, 2.24) is 0 Å². The van der Waals surface area contributed by atoms with E-state index in [2.05, 4.69) is 5.16 Å². The van der Waals surface area contributed by atoms with Crippen molar-refractivity contribution in [3.63, 3.8) is 0 Å². The van der Waals surface area contributed by atoms with Crippen molar-refractivity contribution in [2.75, 3.05) is 0 Å². The number of hydrogen-bond donors (Lipinski definition) is 1. The third kappa shape index (κ3) is 1.83. The van der Waals surface area contributed by atoms with Crippen LogP contribution in [0.3, 0.4) is 0 Å². The Bertz CT molecular complexity index is 283. The van der Waals surface area contributed by atoms with E-state index in [0.29, 0.717) is 0 Å². The first-order valence-corrected chi connectivity index (χ1v) is 3.27. The van der Waals surface area contributed by atoms with Gasteiger partial charge in [-0.25, -0.2) is 0 Å². The maximum absolute atomic E-state index is 8.22. The van der Waals surface area contributed by atoms with Gasteiger partial charge in [0, 0.05) is 0 Å². The Morgan fingerprint density at radius 1 is 1.55 bits per heavy atom. The van der Waals surface area contributed by atoms with Gasteiger partial charge in [-0.05, 0) is 12.5 Å². The summed E-state index contributed by atoms with van der Waals surface area (Å²) in [6.45, 7) is 1.91. The molecule has 2 radical (unpaired) electrons. The summed E-state index contributed by atoms with van der Waals surface area (Å²) in [5.41, 5.74) is 2.58. The third-order valence-corrected chi connectivity index (χ3v) is 1.50. The van der Waals surface area contributed by atoms with E-state index in [0.717, 1.165) is 16.6 Å². The van der Waals surface area contributed by atoms with Gasteiger partial charge in [0.25, 0.3) is 0 Å². The first-order chi connectivity index (χ1) is 5.24. The molecule has 1 aromatic carbocycles. The molecule has 0 saturated carbocycles. The van der Waals surface area contributed by atoms with Gasteiger partial charge in [0.2, 0.25) is 0 Å². The van der Waals surface area contributed by atoms with Crippen LogP contribution in [-0.4, -0.2) is 19.3 Å². The van der Waals surface area contributed by atoms with E-state index in [1.807, 2.05) is 13.0 Å². The van der Waals surface area contributed by atoms with Crippen molar-refractivity contribution < 1.29 is 5.21 Å². The molecule has 0 aliphatic heterocycles. The number of aryl methyl sites for hydroxylation is 1. The van der Waals surface area contributed by atoms with Gasteiger partial charge in [0.1, 0.15) is 7.85 Å². The lowest BCUT2D eigenvalue weighted by molar-refractivity contribution is 0.322. The van der Waals surface area contributed by atoms with E-state index in [-0.39, 0.29) is 0 Å². The monoisotopic (exact) mass is 145 g/mol. The first kappa shape index (κ1) is 7.86. The van der Waals surface area contributed by atoms with Crippen LogP contribution in [0.4, 0.5) is 0 Å². The smallest absolute Gasteiger partial charge is 0.114 e. The van der Waals surface area contributed by atoms with Crippen LogP contribution >= 0.6 is 0 Å². The Labute approximate surface area is 67.0 Å². The maximum atomic E-state index is 8.22. The van der Waals surface area contributed by atoms with Crippen molar-refractivity contribution in [1.29, 1.82) is 0 Å². The number of rotatable bonds is 1. The molecule has 1 rings (SSSR count). The van der Waals surface area contributed by atoms with Crippen LogP contribution in [0.1, 0.15) is 11.1 Å². The summed E-state index contributed by atoms with van der Waals surface area (Å²) >= 11 is 0. The molecule has 2 nitrogen and oxygen atoms in total. The second-order valence-corrected chi connectivity index (χ2v) is 2.36. The molecule has 0 heterocycles. The average Bonchev–Trinajstić information content (AvgIpc) is 1.98. The summed E-state index contributed by atoms with van der Waals surface area (Å²) in [6.07, 6.45) is 1.37. The molecule has 0 amide bonds. The lowest BCUT2D eigenvalue weighted by atomic mass is 9.90. The lowest BCUT2D eigenvalue weighted by Gasteiger charge is -1.99. The number of oxime groups is 1. The van der Waals surface area contributed by atoms with Crippen LogP contribution in [0.15, 0.2) is 23.4 Å². The molecule has 54 valence electrons. The zero-order chi connectivity index (χ0) is 8.27. The summed E-state index contributed by atoms with van der Waals surface area (Å²) in [6, 6.07) is 5.43. The molecule has 0 saturated heterocycles. The van der Waals surface area contributed by atoms with Gasteiger partial charge in [-0.3, -0.25) is 0 Å². The fourth-order valence-electron chi connectivity index (χ4n) is 0.846. The Balaban J connectivity index is 3.05. The predicted octanol–water partition coefficient (Wildman–Crippen LogP) is 0.597. The highest BCUT2D eigenvalue weighted by Crippen LogP contribution is 1.97. The highest BCUT2D eigenvalue weighted by Gasteiger charge is 1.91. The van der Waals surface area contributed by atoms with Crippen molar-refractivity contribution in [2.45, 2.75) is 6.92 Å². The van der Waals surface area contributed by atoms with E-state index < -0.39 is 0 Å². The molecule has 0 aliphatic rings. The largest absolute Gasteiger partial charge is 0.411 e. The van der Waals surface area contributed by atoms with Gasteiger partial charge in [-0.15, -0.1) is 0 Å². The van der Waals surface area contributed by atoms with Crippen LogP contribution in [0.2, 0.25) is 0 Å². The van der Waals surface area contributed by atoms with E-state index in [1.54, 1.807) is 12.1 Å². The Morgan fingerprint density at radius 2 is 2.27 bits per heavy atom. The molecular weight excluding hydrogens is 137 g/mol. The van der Waals surface area contributed by atoms with Gasteiger partial charge in [0.15, 0.2) is 0 Å². The van der Waals surface area contributed by atoms with Gasteiger partial charge in [-0.1, -0.05) is 34.4 Å². The van der Waals surface area contributed by atoms with Gasteiger partial charge >= 0.3 is 0 Å². The van der Waals surface area contributed by atoms with Crippen LogP contribution in [0.25, 0.3) is 0 Å². The SMILES string of the molecule is [B]c1ccc(C=NO)cc1C. The standard InChI is InChI=1S/C8H8BNO/c1-6-4-7(5-10-11)2-3-8(6)9/h2-5,11H,1H3. The first-order valence-electron chi connectivity index (χ1n) is 3.27. The number of nitrogens with zero attached hydrogens (tertiary/aromatic N) is 1. The minimum absolute atomic E-state index is 0.750. The average molecular weight is 145 g/mol. The molecule has 0 spiro atoms. The topological polar surface area (TPSA) is 32.6 Å². The summed E-state index contributed by atoms with van der Waals surface area (Å²) in [7, 11) is 5.58. The molecule has 3 heteroatoms. The van der Waals surface area contributed by atoms with Crippen LogP contribution in [0.5, 0.6) is 0 Å². The van der Waals surface area contributed by atoms with Crippen LogP contribution in [-0.2, 0) is 0 Å². The second-order valence-electron chi connectivity index (χ2n) is 2.36. The summed E-state index contributed by atoms with van der Waals surface area (Å²) in [5.74, 6) is 0. The normalized spacial score (nSPS) is 10.6. The molecule has 11 heavy (non-hydrogen) atoms. The van der Waals surface area contributed by atoms with Crippen molar-refractivity contribution in [3.05, 3.63) is 29.3 Å². The predicted molar refractivity (Wildman–Crippen MR) is 45.9 cm³/mol. The minimum Gasteiger partial charge on any atom is -0.411 e. The molecular formula is C8H8BNO. The summed E-state index contributed by atoms with van der Waals surface area (Å²) in [5, 5.41) is 11.1. The molecule has 0 unspecified atom stereocenters. The molecule has 0 fully saturated rings. The van der Waals surface area contributed by atoms with Crippen LogP contribution < -0.4 is 5.46 Å². The fraction of sp³-hybridized carbons (Fsp3) is 0.125. The summed E-state index contributed by atoms with van der Waals surface area (Å²) in [4.78, 5) is 0. The molecule has 1 N–H and O–H groups in total. The Kier molecular flexibility index (Phi) is 2.31. The van der Waals surface area contributed by atoms with Gasteiger partial charge in [-0.2, -0.15) is 0 Å². The number of hydrogen-bond acceptors (Lipinski definition) is 2. The van der Waals surface area contributed by atoms with Crippen molar-refractivity contribution in [3.8, 4) is 0 Å². The van der Waals surface area contributed by atoms with Crippen LogP contribution in [0, 0.1) is 6.92 Å². The maximum Gasteiger partial charge on any atom is 0.114 e. The van der Waals surface area contributed by atoms with E-state index in [4.69, 9.17) is 13.1 Å². The minimum atomic E-state index is 0.750. The highest BCUT2D eigenvalue weighted by molar-refractivity contribution is 6.33. The van der Waals surface area contributed by atoms with E-state index >= 15 is 0 Å². The number of benzene rings is 1. The zero-order valence-electron chi connectivity index (χ0n) is 6.28. The second kappa shape index (κ2) is 3.24. The van der Waals surface area contributed by atoms with Gasteiger partial charge < -0.3 is 5.21 Å². The molecule has 1 aromatic rings. The van der Waals surface area contributed by atoms with E-state index in [1.165, 1.54) is 6.21 Å². The quantitative estimate of drug-likeness (QED) is 0.267. The van der Waals surface area contributed by atoms with E-state index in [9.17, 15) is 0 Å². The van der Waals surface area contributed by atoms with Crippen molar-refractivity contribution in [2.24, 2.45) is 5.16 Å². The molecule has 0 aromatic heterocycles. The molecule has 0 aliphatic carbocycles. The Morgan fingerprint density at radius 3 is 2.82 bits per heavy atom. The summed E-state index contributed by atoms with van der Waals surface area (Å²) < 4.78 is 0. The molecule has 0 atom stereocenters. The molecule has 0 bridgehead atoms. The van der Waals surface area contributed by atoms with Gasteiger partial charge in [0.05, 0.1) is 6.21 Å². The fourth-order valence-corrected chi connectivity index (χ4v) is 0.846. The highest BCUT2D eigenvalue weighted by atomic mass is 16.4. The third-order valence-electron chi connectivity index (χ3n) is 1.50. The lowest BCUT2D eigenvalue weighted by Crippen LogP contribution is -2.06. The Hall–Kier alpha value is -1.25. The van der Waals surface area contributed by atoms with Crippen molar-refractivity contribution >= 4 is 19.5 Å². The zero-order valence-corrected chi connectivity index (χ0v) is 6.28.